The summed E-state index contributed by atoms with van der Waals surface area (Å²) in [5, 5.41) is 34.6. The predicted molar refractivity (Wildman–Crippen MR) is 211 cm³/mol. The summed E-state index contributed by atoms with van der Waals surface area (Å²) in [6.07, 6.45) is -1.80. The number of hydrogen-bond acceptors (Lipinski definition) is 3. The highest BCUT2D eigenvalue weighted by molar-refractivity contribution is 5.50. The van der Waals surface area contributed by atoms with Crippen molar-refractivity contribution in [2.45, 2.75) is 97.6 Å². The summed E-state index contributed by atoms with van der Waals surface area (Å²) in [4.78, 5) is 0. The van der Waals surface area contributed by atoms with Crippen LogP contribution in [0.2, 0.25) is 0 Å². The summed E-state index contributed by atoms with van der Waals surface area (Å²) < 4.78 is 1.84. The molecule has 0 bridgehead atoms. The van der Waals surface area contributed by atoms with Crippen molar-refractivity contribution in [1.29, 1.82) is 0 Å². The predicted octanol–water partition coefficient (Wildman–Crippen LogP) is 7.71. The summed E-state index contributed by atoms with van der Waals surface area (Å²) in [5.74, 6) is 0. The second kappa shape index (κ2) is 16.1. The molecule has 4 aromatic rings. The first-order chi connectivity index (χ1) is 23.8. The van der Waals surface area contributed by atoms with Gasteiger partial charge in [-0.15, -0.1) is 0 Å². The zero-order valence-electron chi connectivity index (χ0n) is 33.4. The molecule has 4 rings (SSSR count). The molecule has 0 amide bonds. The largest absolute Gasteiger partial charge is 0.382 e. The Balaban J connectivity index is 1.80. The average molecular weight is 697 g/mol. The van der Waals surface area contributed by atoms with Crippen LogP contribution in [0.4, 0.5) is 0 Å². The Hall–Kier alpha value is -3.36. The first-order valence-corrected chi connectivity index (χ1v) is 18.6. The van der Waals surface area contributed by atoms with E-state index in [4.69, 9.17) is 0 Å². The van der Waals surface area contributed by atoms with Crippen LogP contribution < -0.4 is 0 Å². The molecular formula is C45H66N3O3+3. The minimum absolute atomic E-state index is 0.0547. The third-order valence-corrected chi connectivity index (χ3v) is 12.5. The van der Waals surface area contributed by atoms with Crippen molar-refractivity contribution < 1.29 is 28.8 Å². The van der Waals surface area contributed by atoms with E-state index in [1.54, 1.807) is 0 Å². The Kier molecular flexibility index (Phi) is 12.8. The SMILES string of the molecule is Cc1c(C[N+](C)(C)C(C)C(O)c2ccccc2)c(C)c(C[N+](C)(C)C(C)C(O)c2ccccc2)c(C)c1C[N+](C)(C)C(C)C(O)c1ccccc1. The number of quaternary nitrogens is 3. The van der Waals surface area contributed by atoms with Gasteiger partial charge in [-0.1, -0.05) is 91.0 Å². The Labute approximate surface area is 309 Å². The molecule has 51 heavy (non-hydrogen) atoms. The molecule has 6 nitrogen and oxygen atoms in total. The highest BCUT2D eigenvalue weighted by Crippen LogP contribution is 2.37. The monoisotopic (exact) mass is 697 g/mol. The van der Waals surface area contributed by atoms with Gasteiger partial charge in [0.25, 0.3) is 0 Å². The van der Waals surface area contributed by atoms with Crippen LogP contribution in [0.3, 0.4) is 0 Å². The number of rotatable bonds is 15. The van der Waals surface area contributed by atoms with Gasteiger partial charge in [-0.2, -0.15) is 0 Å². The van der Waals surface area contributed by atoms with Gasteiger partial charge in [-0.05, 0) is 74.9 Å². The van der Waals surface area contributed by atoms with Gasteiger partial charge in [0.1, 0.15) is 56.1 Å². The maximum absolute atomic E-state index is 11.5. The van der Waals surface area contributed by atoms with Gasteiger partial charge >= 0.3 is 0 Å². The van der Waals surface area contributed by atoms with Crippen molar-refractivity contribution in [3.63, 3.8) is 0 Å². The molecular weight excluding hydrogens is 631 g/mol. The standard InChI is InChI=1S/C45H66N3O3/c1-31-40(28-46(7,8)34(4)43(49)37-22-16-13-17-23-37)32(2)42(30-48(11,12)36(6)45(51)39-26-20-15-21-27-39)33(3)41(31)29-47(9,10)35(5)44(50)38-24-18-14-19-25-38/h13-27,34-36,43-45,49-51H,28-30H2,1-12H3/q+3. The van der Waals surface area contributed by atoms with Crippen LogP contribution in [0, 0.1) is 20.8 Å². The van der Waals surface area contributed by atoms with Crippen LogP contribution in [0.15, 0.2) is 91.0 Å². The van der Waals surface area contributed by atoms with Gasteiger partial charge in [0, 0.05) is 16.7 Å². The van der Waals surface area contributed by atoms with Crippen molar-refractivity contribution in [1.82, 2.24) is 0 Å². The van der Waals surface area contributed by atoms with Crippen LogP contribution in [0.25, 0.3) is 0 Å². The lowest BCUT2D eigenvalue weighted by atomic mass is 9.85. The fourth-order valence-corrected chi connectivity index (χ4v) is 7.69. The second-order valence-corrected chi connectivity index (χ2v) is 16.9. The van der Waals surface area contributed by atoms with Crippen molar-refractivity contribution in [3.8, 4) is 0 Å². The Morgan fingerprint density at radius 2 is 0.588 bits per heavy atom. The van der Waals surface area contributed by atoms with E-state index in [9.17, 15) is 15.3 Å². The average Bonchev–Trinajstić information content (AvgIpc) is 3.12. The molecule has 4 aromatic carbocycles. The summed E-state index contributed by atoms with van der Waals surface area (Å²) in [6.45, 7) is 15.5. The van der Waals surface area contributed by atoms with Crippen LogP contribution in [-0.4, -0.2) is 89.2 Å². The van der Waals surface area contributed by atoms with Gasteiger partial charge < -0.3 is 28.8 Å². The molecule has 0 saturated carbocycles. The zero-order valence-corrected chi connectivity index (χ0v) is 33.4. The van der Waals surface area contributed by atoms with E-state index in [0.717, 1.165) is 36.3 Å². The first-order valence-electron chi connectivity index (χ1n) is 18.6. The molecule has 0 aromatic heterocycles. The minimum Gasteiger partial charge on any atom is -0.382 e. The minimum atomic E-state index is -0.599. The number of nitrogens with zero attached hydrogens (tertiary/aromatic N) is 3. The molecule has 0 radical (unpaired) electrons. The number of likely N-dealkylation sites (N-methyl/N-ethyl adjacent to an activating group) is 3. The van der Waals surface area contributed by atoms with E-state index in [1.807, 2.05) is 91.0 Å². The zero-order chi connectivity index (χ0) is 37.9. The summed E-state index contributed by atoms with van der Waals surface area (Å²) in [5.41, 5.74) is 10.6. The molecule has 6 unspecified atom stereocenters. The molecule has 0 heterocycles. The van der Waals surface area contributed by atoms with E-state index in [1.165, 1.54) is 33.4 Å². The van der Waals surface area contributed by atoms with E-state index < -0.39 is 18.3 Å². The molecule has 0 spiro atoms. The lowest BCUT2D eigenvalue weighted by Crippen LogP contribution is -2.51. The molecule has 0 aliphatic rings. The molecule has 0 saturated heterocycles. The van der Waals surface area contributed by atoms with Gasteiger partial charge in [0.15, 0.2) is 0 Å². The topological polar surface area (TPSA) is 60.7 Å². The molecule has 6 atom stereocenters. The number of aliphatic hydroxyl groups is 3. The van der Waals surface area contributed by atoms with Gasteiger partial charge in [-0.3, -0.25) is 0 Å². The van der Waals surface area contributed by atoms with Crippen LogP contribution in [0.1, 0.15) is 89.2 Å². The van der Waals surface area contributed by atoms with Gasteiger partial charge in [0.2, 0.25) is 0 Å². The third-order valence-electron chi connectivity index (χ3n) is 12.5. The molecule has 6 heteroatoms. The van der Waals surface area contributed by atoms with E-state index in [2.05, 4.69) is 83.8 Å². The van der Waals surface area contributed by atoms with Gasteiger partial charge in [-0.25, -0.2) is 0 Å². The van der Waals surface area contributed by atoms with E-state index >= 15 is 0 Å². The normalized spacial score (nSPS) is 16.3. The fourth-order valence-electron chi connectivity index (χ4n) is 7.69. The van der Waals surface area contributed by atoms with Crippen molar-refractivity contribution in [3.05, 3.63) is 141 Å². The van der Waals surface area contributed by atoms with E-state index in [-0.39, 0.29) is 18.1 Å². The van der Waals surface area contributed by atoms with Crippen LogP contribution in [0.5, 0.6) is 0 Å². The Morgan fingerprint density at radius 3 is 0.784 bits per heavy atom. The molecule has 3 N–H and O–H groups in total. The van der Waals surface area contributed by atoms with Crippen LogP contribution >= 0.6 is 0 Å². The van der Waals surface area contributed by atoms with Gasteiger partial charge in [0.05, 0.1) is 42.3 Å². The maximum atomic E-state index is 11.5. The molecule has 0 aliphatic heterocycles. The highest BCUT2D eigenvalue weighted by atomic mass is 16.3. The smallest absolute Gasteiger partial charge is 0.130 e. The van der Waals surface area contributed by atoms with Crippen molar-refractivity contribution >= 4 is 0 Å². The third kappa shape index (κ3) is 9.00. The fraction of sp³-hybridized carbons (Fsp3) is 0.467. The van der Waals surface area contributed by atoms with Crippen molar-refractivity contribution in [2.75, 3.05) is 42.3 Å². The second-order valence-electron chi connectivity index (χ2n) is 16.9. The number of aliphatic hydroxyl groups excluding tert-OH is 3. The number of hydrogen-bond donors (Lipinski definition) is 3. The quantitative estimate of drug-likeness (QED) is 0.112. The highest BCUT2D eigenvalue weighted by Gasteiger charge is 2.38. The van der Waals surface area contributed by atoms with Crippen molar-refractivity contribution in [2.24, 2.45) is 0 Å². The Bertz CT molecular complexity index is 1500. The number of benzene rings is 4. The Morgan fingerprint density at radius 1 is 0.392 bits per heavy atom. The van der Waals surface area contributed by atoms with Crippen LogP contribution in [-0.2, 0) is 19.6 Å². The first kappa shape index (κ1) is 40.4. The summed E-state index contributed by atoms with van der Waals surface area (Å²) >= 11 is 0. The molecule has 276 valence electrons. The van der Waals surface area contributed by atoms with E-state index in [0.29, 0.717) is 13.4 Å². The summed E-state index contributed by atoms with van der Waals surface area (Å²) in [6, 6.07) is 29.8. The lowest BCUT2D eigenvalue weighted by molar-refractivity contribution is -0.931. The lowest BCUT2D eigenvalue weighted by Gasteiger charge is -2.42. The molecule has 0 fully saturated rings. The molecule has 0 aliphatic carbocycles. The maximum Gasteiger partial charge on any atom is 0.130 e. The summed E-state index contributed by atoms with van der Waals surface area (Å²) in [7, 11) is 13.4.